The first-order valence-corrected chi connectivity index (χ1v) is 7.85. The van der Waals surface area contributed by atoms with Gasteiger partial charge in [0, 0.05) is 25.2 Å². The minimum Gasteiger partial charge on any atom is -0.369 e. The number of aromatic nitrogens is 3. The van der Waals surface area contributed by atoms with Gasteiger partial charge in [-0.2, -0.15) is 0 Å². The summed E-state index contributed by atoms with van der Waals surface area (Å²) in [5.74, 6) is -0.388. The van der Waals surface area contributed by atoms with Crippen molar-refractivity contribution in [2.45, 2.75) is 24.7 Å². The first-order chi connectivity index (χ1) is 10.4. The largest absolute Gasteiger partial charge is 0.369 e. The van der Waals surface area contributed by atoms with Gasteiger partial charge in [0.15, 0.2) is 0 Å². The molecule has 2 aromatic heterocycles. The van der Waals surface area contributed by atoms with E-state index in [-0.39, 0.29) is 5.75 Å². The lowest BCUT2D eigenvalue weighted by Gasteiger charge is -2.13. The summed E-state index contributed by atoms with van der Waals surface area (Å²) in [6.07, 6.45) is 3.27. The fraction of sp³-hybridized carbons (Fsp3) is 0.429. The van der Waals surface area contributed by atoms with Gasteiger partial charge in [0.25, 0.3) is 5.56 Å². The Labute approximate surface area is 131 Å². The summed E-state index contributed by atoms with van der Waals surface area (Å²) in [4.78, 5) is 40.6. The Hall–Kier alpha value is -2.09. The van der Waals surface area contributed by atoms with Gasteiger partial charge in [0.2, 0.25) is 5.91 Å². The smallest absolute Gasteiger partial charge is 0.332 e. The number of fused-ring (bicyclic) bond motifs is 1. The number of primary amides is 1. The van der Waals surface area contributed by atoms with E-state index >= 15 is 0 Å². The van der Waals surface area contributed by atoms with Crippen molar-refractivity contribution in [2.24, 2.45) is 19.8 Å². The van der Waals surface area contributed by atoms with Crippen molar-refractivity contribution in [2.75, 3.05) is 5.75 Å². The van der Waals surface area contributed by atoms with E-state index in [2.05, 4.69) is 4.98 Å². The highest BCUT2D eigenvalue weighted by molar-refractivity contribution is 8.00. The molecule has 0 radical (unpaired) electrons. The summed E-state index contributed by atoms with van der Waals surface area (Å²) in [5.41, 5.74) is 5.58. The number of carbonyl (C=O) groups excluding carboxylic acids is 1. The lowest BCUT2D eigenvalue weighted by molar-refractivity contribution is -0.115. The Balaban J connectivity index is 2.85. The Kier molecular flexibility index (Phi) is 4.70. The summed E-state index contributed by atoms with van der Waals surface area (Å²) in [7, 11) is 3.00. The van der Waals surface area contributed by atoms with E-state index in [0.29, 0.717) is 15.9 Å². The molecule has 0 spiro atoms. The van der Waals surface area contributed by atoms with Crippen LogP contribution in [0.5, 0.6) is 0 Å². The highest BCUT2D eigenvalue weighted by Gasteiger charge is 2.17. The number of thioether (sulfide) groups is 1. The zero-order chi connectivity index (χ0) is 16.4. The molecule has 0 saturated heterocycles. The number of nitrogens with zero attached hydrogens (tertiary/aromatic N) is 3. The number of carbonyl (C=O) groups is 1. The average Bonchev–Trinajstić information content (AvgIpc) is 2.49. The molecule has 118 valence electrons. The maximum Gasteiger partial charge on any atom is 0.332 e. The van der Waals surface area contributed by atoms with E-state index in [1.165, 1.54) is 23.4 Å². The Morgan fingerprint density at radius 3 is 2.59 bits per heavy atom. The zero-order valence-electron chi connectivity index (χ0n) is 12.8. The van der Waals surface area contributed by atoms with Gasteiger partial charge >= 0.3 is 5.69 Å². The third-order valence-corrected chi connectivity index (χ3v) is 4.56. The Morgan fingerprint density at radius 2 is 2.00 bits per heavy atom. The highest BCUT2D eigenvalue weighted by Crippen LogP contribution is 2.28. The van der Waals surface area contributed by atoms with Gasteiger partial charge < -0.3 is 5.73 Å². The molecule has 2 aromatic rings. The van der Waals surface area contributed by atoms with E-state index in [9.17, 15) is 14.4 Å². The van der Waals surface area contributed by atoms with Crippen LogP contribution >= 0.6 is 11.8 Å². The second-order valence-electron chi connectivity index (χ2n) is 5.02. The maximum absolute atomic E-state index is 12.5. The highest BCUT2D eigenvalue weighted by atomic mass is 32.2. The molecule has 2 rings (SSSR count). The third kappa shape index (κ3) is 2.78. The monoisotopic (exact) mass is 322 g/mol. The molecule has 0 aliphatic heterocycles. The Morgan fingerprint density at radius 1 is 1.32 bits per heavy atom. The molecule has 1 amide bonds. The quantitative estimate of drug-likeness (QED) is 0.791. The van der Waals surface area contributed by atoms with Crippen LogP contribution in [-0.2, 0) is 25.3 Å². The standard InChI is InChI=1S/C14H18N4O3S/c1-4-5-8-6-16-12-10(11(8)22-7-9(15)19)13(20)18(3)14(21)17(12)2/h6H,4-5,7H2,1-3H3,(H2,15,19). The second kappa shape index (κ2) is 6.35. The zero-order valence-corrected chi connectivity index (χ0v) is 13.6. The lowest BCUT2D eigenvalue weighted by Crippen LogP contribution is -2.37. The van der Waals surface area contributed by atoms with E-state index in [0.717, 1.165) is 23.0 Å². The first-order valence-electron chi connectivity index (χ1n) is 6.87. The molecule has 0 aromatic carbocycles. The minimum atomic E-state index is -0.459. The van der Waals surface area contributed by atoms with Gasteiger partial charge in [-0.05, 0) is 12.0 Å². The number of hydrogen-bond donors (Lipinski definition) is 1. The van der Waals surface area contributed by atoms with Gasteiger partial charge in [-0.3, -0.25) is 18.7 Å². The number of nitrogens with two attached hydrogens (primary N) is 1. The number of amides is 1. The van der Waals surface area contributed by atoms with Crippen molar-refractivity contribution in [3.05, 3.63) is 32.6 Å². The molecule has 2 heterocycles. The predicted molar refractivity (Wildman–Crippen MR) is 86.1 cm³/mol. The Bertz CT molecular complexity index is 854. The molecule has 0 bridgehead atoms. The van der Waals surface area contributed by atoms with Gasteiger partial charge in [-0.15, -0.1) is 11.8 Å². The molecule has 0 fully saturated rings. The topological polar surface area (TPSA) is 100.0 Å². The van der Waals surface area contributed by atoms with Crippen LogP contribution in [0.15, 0.2) is 20.7 Å². The van der Waals surface area contributed by atoms with Crippen molar-refractivity contribution < 1.29 is 4.79 Å². The van der Waals surface area contributed by atoms with Crippen molar-refractivity contribution in [1.29, 1.82) is 0 Å². The molecule has 8 heteroatoms. The molecule has 22 heavy (non-hydrogen) atoms. The number of aryl methyl sites for hydroxylation is 2. The first kappa shape index (κ1) is 16.3. The molecule has 0 saturated carbocycles. The van der Waals surface area contributed by atoms with Gasteiger partial charge in [0.1, 0.15) is 5.65 Å². The van der Waals surface area contributed by atoms with Crippen LogP contribution in [0.1, 0.15) is 18.9 Å². The summed E-state index contributed by atoms with van der Waals surface area (Å²) < 4.78 is 2.38. The van der Waals surface area contributed by atoms with Crippen molar-refractivity contribution >= 4 is 28.7 Å². The fourth-order valence-electron chi connectivity index (χ4n) is 2.30. The average molecular weight is 322 g/mol. The molecule has 7 nitrogen and oxygen atoms in total. The molecule has 0 aliphatic rings. The van der Waals surface area contributed by atoms with Crippen molar-refractivity contribution in [1.82, 2.24) is 14.1 Å². The summed E-state index contributed by atoms with van der Waals surface area (Å²) in [5, 5.41) is 0.363. The van der Waals surface area contributed by atoms with Gasteiger partial charge in [0.05, 0.1) is 11.1 Å². The fourth-order valence-corrected chi connectivity index (χ4v) is 3.25. The molecule has 0 aliphatic carbocycles. The van der Waals surface area contributed by atoms with Crippen LogP contribution in [0.2, 0.25) is 0 Å². The van der Waals surface area contributed by atoms with Crippen LogP contribution in [-0.4, -0.2) is 25.8 Å². The van der Waals surface area contributed by atoms with E-state index in [1.54, 1.807) is 13.2 Å². The molecular weight excluding hydrogens is 304 g/mol. The van der Waals surface area contributed by atoms with E-state index in [1.807, 2.05) is 6.92 Å². The van der Waals surface area contributed by atoms with E-state index < -0.39 is 17.2 Å². The van der Waals surface area contributed by atoms with Crippen LogP contribution < -0.4 is 17.0 Å². The predicted octanol–water partition coefficient (Wildman–Crippen LogP) is 0.162. The number of pyridine rings is 1. The molecular formula is C14H18N4O3S. The van der Waals surface area contributed by atoms with Crippen LogP contribution in [0.3, 0.4) is 0 Å². The maximum atomic E-state index is 12.5. The van der Waals surface area contributed by atoms with E-state index in [4.69, 9.17) is 5.73 Å². The molecule has 0 atom stereocenters. The SMILES string of the molecule is CCCc1cnc2c(c1SCC(N)=O)c(=O)n(C)c(=O)n2C. The summed E-state index contributed by atoms with van der Waals surface area (Å²) in [6.45, 7) is 2.02. The second-order valence-corrected chi connectivity index (χ2v) is 6.01. The number of rotatable bonds is 5. The van der Waals surface area contributed by atoms with Gasteiger partial charge in [-0.1, -0.05) is 13.3 Å². The normalized spacial score (nSPS) is 11.0. The van der Waals surface area contributed by atoms with Crippen LogP contribution in [0.4, 0.5) is 0 Å². The summed E-state index contributed by atoms with van der Waals surface area (Å²) in [6, 6.07) is 0. The van der Waals surface area contributed by atoms with Gasteiger partial charge in [-0.25, -0.2) is 9.78 Å². The number of hydrogen-bond acceptors (Lipinski definition) is 5. The van der Waals surface area contributed by atoms with Crippen molar-refractivity contribution in [3.63, 3.8) is 0 Å². The molecule has 2 N–H and O–H groups in total. The summed E-state index contributed by atoms with van der Waals surface area (Å²) >= 11 is 1.22. The molecule has 0 unspecified atom stereocenters. The lowest BCUT2D eigenvalue weighted by atomic mass is 10.1. The van der Waals surface area contributed by atoms with Crippen LogP contribution in [0, 0.1) is 0 Å². The minimum absolute atomic E-state index is 0.0713. The third-order valence-electron chi connectivity index (χ3n) is 3.37. The van der Waals surface area contributed by atoms with Crippen LogP contribution in [0.25, 0.3) is 11.0 Å². The van der Waals surface area contributed by atoms with Crippen molar-refractivity contribution in [3.8, 4) is 0 Å².